The molecule has 0 aromatic heterocycles. The van der Waals surface area contributed by atoms with Crippen LogP contribution in [0.25, 0.3) is 0 Å². The molecule has 0 spiro atoms. The van der Waals surface area contributed by atoms with Gasteiger partial charge in [0.2, 0.25) is 11.8 Å². The Morgan fingerprint density at radius 1 is 1.06 bits per heavy atom. The van der Waals surface area contributed by atoms with Crippen LogP contribution >= 0.6 is 0 Å². The minimum Gasteiger partial charge on any atom is -0.340 e. The Labute approximate surface area is 200 Å². The second-order valence-electron chi connectivity index (χ2n) is 10.8. The van der Waals surface area contributed by atoms with Gasteiger partial charge in [-0.05, 0) is 62.1 Å². The predicted octanol–water partition coefficient (Wildman–Crippen LogP) is 2.65. The summed E-state index contributed by atoms with van der Waals surface area (Å²) in [5, 5.41) is 0. The maximum atomic E-state index is 14.8. The van der Waals surface area contributed by atoms with Crippen molar-refractivity contribution in [3.05, 3.63) is 35.1 Å². The largest absolute Gasteiger partial charge is 0.340 e. The standard InChI is InChI=1S/C26H35FN4O3/c1-26(9-10-26)25(34)31-12-4-11-30(13-14-31)24(33)20-15-17(7-8-21(20)27)16-22-18-5-2-3-6-19(18)23(32)29-28-22/h7-8,15,18-19,22,28H,2-6,9-14,16H2,1H3,(H,29,32). The van der Waals surface area contributed by atoms with Crippen molar-refractivity contribution in [3.63, 3.8) is 0 Å². The summed E-state index contributed by atoms with van der Waals surface area (Å²) >= 11 is 0. The molecule has 8 heteroatoms. The Bertz CT molecular complexity index is 979. The van der Waals surface area contributed by atoms with Crippen molar-refractivity contribution in [2.45, 2.75) is 64.3 Å². The van der Waals surface area contributed by atoms with E-state index in [1.54, 1.807) is 17.0 Å². The van der Waals surface area contributed by atoms with Gasteiger partial charge in [0, 0.05) is 43.6 Å². The van der Waals surface area contributed by atoms with Crippen molar-refractivity contribution in [1.29, 1.82) is 0 Å². The first-order chi connectivity index (χ1) is 16.4. The maximum absolute atomic E-state index is 14.8. The minimum atomic E-state index is -0.517. The van der Waals surface area contributed by atoms with Gasteiger partial charge in [-0.15, -0.1) is 0 Å². The average molecular weight is 471 g/mol. The highest BCUT2D eigenvalue weighted by atomic mass is 19.1. The highest BCUT2D eigenvalue weighted by Crippen LogP contribution is 2.46. The molecule has 2 N–H and O–H groups in total. The van der Waals surface area contributed by atoms with Gasteiger partial charge in [-0.3, -0.25) is 19.8 Å². The van der Waals surface area contributed by atoms with Gasteiger partial charge in [0.1, 0.15) is 5.82 Å². The van der Waals surface area contributed by atoms with Crippen molar-refractivity contribution in [3.8, 4) is 0 Å². The van der Waals surface area contributed by atoms with Crippen LogP contribution in [-0.4, -0.2) is 59.7 Å². The van der Waals surface area contributed by atoms with E-state index in [-0.39, 0.29) is 46.6 Å². The van der Waals surface area contributed by atoms with Crippen LogP contribution in [0.3, 0.4) is 0 Å². The lowest BCUT2D eigenvalue weighted by Gasteiger charge is -2.41. The lowest BCUT2D eigenvalue weighted by Crippen LogP contribution is -2.60. The fraction of sp³-hybridized carbons (Fsp3) is 0.654. The SMILES string of the molecule is CC1(C(=O)N2CCCN(C(=O)c3cc(CC4NNC(=O)C5CCCCC45)ccc3F)CC2)CC1. The smallest absolute Gasteiger partial charge is 0.256 e. The number of nitrogens with zero attached hydrogens (tertiary/aromatic N) is 2. The number of benzene rings is 1. The van der Waals surface area contributed by atoms with E-state index in [1.807, 2.05) is 11.8 Å². The van der Waals surface area contributed by atoms with Crippen molar-refractivity contribution in [2.24, 2.45) is 17.3 Å². The van der Waals surface area contributed by atoms with E-state index in [9.17, 15) is 18.8 Å². The molecule has 34 heavy (non-hydrogen) atoms. The Morgan fingerprint density at radius 2 is 1.79 bits per heavy atom. The van der Waals surface area contributed by atoms with Crippen LogP contribution in [0.5, 0.6) is 0 Å². The van der Waals surface area contributed by atoms with Crippen LogP contribution < -0.4 is 10.9 Å². The first-order valence-electron chi connectivity index (χ1n) is 12.8. The average Bonchev–Trinajstić information content (AvgIpc) is 3.64. The third-order valence-electron chi connectivity index (χ3n) is 8.36. The number of hydrazine groups is 1. The lowest BCUT2D eigenvalue weighted by molar-refractivity contribution is -0.136. The quantitative estimate of drug-likeness (QED) is 0.709. The summed E-state index contributed by atoms with van der Waals surface area (Å²) in [6.45, 7) is 4.08. The molecule has 2 aliphatic heterocycles. The molecule has 5 rings (SSSR count). The third-order valence-corrected chi connectivity index (χ3v) is 8.36. The first kappa shape index (κ1) is 23.3. The molecule has 2 saturated carbocycles. The van der Waals surface area contributed by atoms with E-state index in [1.165, 1.54) is 6.07 Å². The summed E-state index contributed by atoms with van der Waals surface area (Å²) < 4.78 is 14.8. The van der Waals surface area contributed by atoms with Crippen LogP contribution in [0.15, 0.2) is 18.2 Å². The summed E-state index contributed by atoms with van der Waals surface area (Å²) in [7, 11) is 0. The molecule has 3 atom stereocenters. The Morgan fingerprint density at radius 3 is 2.59 bits per heavy atom. The monoisotopic (exact) mass is 470 g/mol. The van der Waals surface area contributed by atoms with Crippen molar-refractivity contribution < 1.29 is 18.8 Å². The number of hydrogen-bond acceptors (Lipinski definition) is 4. The highest BCUT2D eigenvalue weighted by molar-refractivity contribution is 5.95. The number of hydrogen-bond donors (Lipinski definition) is 2. The van der Waals surface area contributed by atoms with Gasteiger partial charge < -0.3 is 9.80 Å². The second kappa shape index (κ2) is 9.29. The fourth-order valence-corrected chi connectivity index (χ4v) is 5.93. The summed E-state index contributed by atoms with van der Waals surface area (Å²) in [6.07, 6.45) is 7.31. The van der Waals surface area contributed by atoms with Crippen LogP contribution in [0.2, 0.25) is 0 Å². The maximum Gasteiger partial charge on any atom is 0.256 e. The predicted molar refractivity (Wildman–Crippen MR) is 125 cm³/mol. The number of rotatable bonds is 4. The van der Waals surface area contributed by atoms with Crippen LogP contribution in [0.4, 0.5) is 4.39 Å². The highest BCUT2D eigenvalue weighted by Gasteiger charge is 2.47. The molecule has 184 valence electrons. The summed E-state index contributed by atoms with van der Waals surface area (Å²) in [5.41, 5.74) is 6.73. The summed E-state index contributed by atoms with van der Waals surface area (Å²) in [4.78, 5) is 41.8. The molecular formula is C26H35FN4O3. The van der Waals surface area contributed by atoms with Crippen LogP contribution in [0.1, 0.15) is 67.8 Å². The molecule has 0 radical (unpaired) electrons. The molecule has 7 nitrogen and oxygen atoms in total. The third kappa shape index (κ3) is 4.57. The van der Waals surface area contributed by atoms with Gasteiger partial charge in [-0.2, -0.15) is 0 Å². The zero-order chi connectivity index (χ0) is 23.9. The molecule has 2 aliphatic carbocycles. The van der Waals surface area contributed by atoms with Gasteiger partial charge in [-0.25, -0.2) is 9.82 Å². The van der Waals surface area contributed by atoms with E-state index in [0.29, 0.717) is 39.0 Å². The molecule has 0 bridgehead atoms. The van der Waals surface area contributed by atoms with Crippen LogP contribution in [0, 0.1) is 23.1 Å². The van der Waals surface area contributed by atoms with Gasteiger partial charge in [0.05, 0.1) is 5.56 Å². The van der Waals surface area contributed by atoms with Gasteiger partial charge >= 0.3 is 0 Å². The number of carbonyl (C=O) groups is 3. The van der Waals surface area contributed by atoms with Crippen molar-refractivity contribution >= 4 is 17.7 Å². The molecule has 1 aromatic carbocycles. The number of amides is 3. The molecular weight excluding hydrogens is 435 g/mol. The summed E-state index contributed by atoms with van der Waals surface area (Å²) in [6, 6.07) is 4.86. The molecule has 2 heterocycles. The number of fused-ring (bicyclic) bond motifs is 1. The van der Waals surface area contributed by atoms with E-state index in [0.717, 1.165) is 44.1 Å². The second-order valence-corrected chi connectivity index (χ2v) is 10.8. The van der Waals surface area contributed by atoms with Gasteiger partial charge in [-0.1, -0.05) is 25.8 Å². The van der Waals surface area contributed by atoms with E-state index in [2.05, 4.69) is 10.9 Å². The fourth-order valence-electron chi connectivity index (χ4n) is 5.93. The zero-order valence-corrected chi connectivity index (χ0v) is 19.9. The normalized spacial score (nSPS) is 28.5. The molecule has 4 fully saturated rings. The lowest BCUT2D eigenvalue weighted by atomic mass is 9.72. The summed E-state index contributed by atoms with van der Waals surface area (Å²) in [5.74, 6) is -0.289. The van der Waals surface area contributed by atoms with Crippen molar-refractivity contribution in [1.82, 2.24) is 20.7 Å². The van der Waals surface area contributed by atoms with Gasteiger partial charge in [0.25, 0.3) is 5.91 Å². The van der Waals surface area contributed by atoms with E-state index in [4.69, 9.17) is 0 Å². The molecule has 4 aliphatic rings. The number of nitrogens with one attached hydrogen (secondary N) is 2. The van der Waals surface area contributed by atoms with Gasteiger partial charge in [0.15, 0.2) is 0 Å². The zero-order valence-electron chi connectivity index (χ0n) is 19.9. The van der Waals surface area contributed by atoms with E-state index < -0.39 is 5.82 Å². The number of halogens is 1. The van der Waals surface area contributed by atoms with Crippen molar-refractivity contribution in [2.75, 3.05) is 26.2 Å². The Kier molecular flexibility index (Phi) is 6.35. The Hall–Kier alpha value is -2.48. The van der Waals surface area contributed by atoms with E-state index >= 15 is 0 Å². The Balaban J connectivity index is 1.26. The topological polar surface area (TPSA) is 81.8 Å². The molecule has 1 aromatic rings. The minimum absolute atomic E-state index is 0.0298. The number of carbonyl (C=O) groups excluding carboxylic acids is 3. The van der Waals surface area contributed by atoms with Crippen LogP contribution in [-0.2, 0) is 16.0 Å². The molecule has 2 saturated heterocycles. The molecule has 3 amide bonds. The first-order valence-corrected chi connectivity index (χ1v) is 12.8. The molecule has 3 unspecified atom stereocenters.